The lowest BCUT2D eigenvalue weighted by atomic mass is 10.1. The number of hydrogen-bond acceptors (Lipinski definition) is 7. The first-order chi connectivity index (χ1) is 13.9. The van der Waals surface area contributed by atoms with Crippen molar-refractivity contribution < 1.29 is 4.74 Å². The van der Waals surface area contributed by atoms with Crippen LogP contribution in [0.25, 0.3) is 0 Å². The number of morpholine rings is 1. The van der Waals surface area contributed by atoms with Crippen molar-refractivity contribution in [2.24, 2.45) is 5.73 Å². The number of nitrogens with two attached hydrogens (primary N) is 1. The lowest BCUT2D eigenvalue weighted by Crippen LogP contribution is -2.56. The molecule has 0 saturated carbocycles. The molecule has 0 aromatic carbocycles. The van der Waals surface area contributed by atoms with Gasteiger partial charge >= 0.3 is 0 Å². The molecule has 2 atom stereocenters. The predicted molar refractivity (Wildman–Crippen MR) is 115 cm³/mol. The minimum Gasteiger partial charge on any atom is -0.379 e. The van der Waals surface area contributed by atoms with Gasteiger partial charge in [0.05, 0.1) is 25.5 Å². The van der Waals surface area contributed by atoms with Crippen LogP contribution in [0.1, 0.15) is 44.9 Å². The molecule has 0 spiro atoms. The molecule has 3 saturated heterocycles. The van der Waals surface area contributed by atoms with E-state index in [1.165, 1.54) is 71.2 Å². The number of ether oxygens (including phenoxy) is 1. The summed E-state index contributed by atoms with van der Waals surface area (Å²) in [7, 11) is 0. The van der Waals surface area contributed by atoms with Crippen molar-refractivity contribution in [3.05, 3.63) is 0 Å². The third-order valence-corrected chi connectivity index (χ3v) is 6.60. The van der Waals surface area contributed by atoms with Gasteiger partial charge in [0, 0.05) is 32.7 Å². The lowest BCUT2D eigenvalue weighted by Gasteiger charge is -2.37. The van der Waals surface area contributed by atoms with Crippen LogP contribution in [0.4, 0.5) is 0 Å². The van der Waals surface area contributed by atoms with E-state index >= 15 is 0 Å². The van der Waals surface area contributed by atoms with Crippen LogP contribution in [-0.4, -0.2) is 106 Å². The zero-order valence-corrected chi connectivity index (χ0v) is 17.9. The van der Waals surface area contributed by atoms with E-state index in [2.05, 4.69) is 25.3 Å². The summed E-state index contributed by atoms with van der Waals surface area (Å²) in [6, 6.07) is 0. The normalized spacial score (nSPS) is 25.6. The van der Waals surface area contributed by atoms with Gasteiger partial charge in [-0.2, -0.15) is 0 Å². The second-order valence-corrected chi connectivity index (χ2v) is 8.61. The highest BCUT2D eigenvalue weighted by atomic mass is 16.5. The molecule has 0 aromatic heterocycles. The van der Waals surface area contributed by atoms with Crippen molar-refractivity contribution in [1.82, 2.24) is 25.3 Å². The van der Waals surface area contributed by atoms with E-state index in [0.717, 1.165) is 45.8 Å². The first kappa shape index (κ1) is 22.4. The molecule has 164 valence electrons. The van der Waals surface area contributed by atoms with Gasteiger partial charge in [-0.25, -0.2) is 0 Å². The standard InChI is InChI=1S/C21H44N6O/c22-19-21(27-15-17-28-18-16-27)23-8-7-20(26-12-5-2-6-13-26)24-9-14-25-10-3-1-4-11-25/h20-21,23-24H,1-19,22H2. The second kappa shape index (κ2) is 13.1. The summed E-state index contributed by atoms with van der Waals surface area (Å²) in [5.74, 6) is 0. The Balaban J connectivity index is 1.41. The summed E-state index contributed by atoms with van der Waals surface area (Å²) in [6.45, 7) is 12.6. The summed E-state index contributed by atoms with van der Waals surface area (Å²) < 4.78 is 5.48. The Morgan fingerprint density at radius 2 is 1.32 bits per heavy atom. The highest BCUT2D eigenvalue weighted by molar-refractivity contribution is 4.78. The molecule has 0 amide bonds. The molecule has 0 aromatic rings. The van der Waals surface area contributed by atoms with Gasteiger partial charge < -0.3 is 26.0 Å². The minimum absolute atomic E-state index is 0.277. The Kier molecular flexibility index (Phi) is 10.5. The number of nitrogens with one attached hydrogen (secondary N) is 2. The van der Waals surface area contributed by atoms with Gasteiger partial charge in [0.1, 0.15) is 0 Å². The summed E-state index contributed by atoms with van der Waals surface area (Å²) in [4.78, 5) is 7.74. The van der Waals surface area contributed by atoms with Crippen molar-refractivity contribution in [3.8, 4) is 0 Å². The predicted octanol–water partition coefficient (Wildman–Crippen LogP) is 0.471. The Bertz CT molecular complexity index is 394. The van der Waals surface area contributed by atoms with Crippen molar-refractivity contribution >= 4 is 0 Å². The van der Waals surface area contributed by atoms with Crippen molar-refractivity contribution in [2.75, 3.05) is 78.7 Å². The highest BCUT2D eigenvalue weighted by Crippen LogP contribution is 2.13. The van der Waals surface area contributed by atoms with E-state index in [0.29, 0.717) is 12.7 Å². The second-order valence-electron chi connectivity index (χ2n) is 8.61. The Morgan fingerprint density at radius 1 is 0.714 bits per heavy atom. The number of hydrogen-bond donors (Lipinski definition) is 3. The fourth-order valence-corrected chi connectivity index (χ4v) is 4.85. The average Bonchev–Trinajstić information content (AvgIpc) is 2.77. The van der Waals surface area contributed by atoms with Crippen LogP contribution < -0.4 is 16.4 Å². The quantitative estimate of drug-likeness (QED) is 0.469. The number of piperidine rings is 2. The van der Waals surface area contributed by atoms with Crippen LogP contribution in [0.15, 0.2) is 0 Å². The largest absolute Gasteiger partial charge is 0.379 e. The third kappa shape index (κ3) is 7.52. The summed E-state index contributed by atoms with van der Waals surface area (Å²) in [5, 5.41) is 7.60. The molecule has 3 aliphatic heterocycles. The molecule has 0 radical (unpaired) electrons. The molecule has 7 nitrogen and oxygen atoms in total. The smallest absolute Gasteiger partial charge is 0.0725 e. The van der Waals surface area contributed by atoms with Gasteiger partial charge in [-0.1, -0.05) is 12.8 Å². The molecular weight excluding hydrogens is 352 g/mol. The first-order valence-electron chi connectivity index (χ1n) is 11.8. The van der Waals surface area contributed by atoms with Crippen molar-refractivity contribution in [3.63, 3.8) is 0 Å². The number of rotatable bonds is 11. The third-order valence-electron chi connectivity index (χ3n) is 6.60. The van der Waals surface area contributed by atoms with Crippen LogP contribution in [0.3, 0.4) is 0 Å². The molecular formula is C21H44N6O. The van der Waals surface area contributed by atoms with E-state index < -0.39 is 0 Å². The molecule has 7 heteroatoms. The molecule has 3 heterocycles. The van der Waals surface area contributed by atoms with E-state index in [1.54, 1.807) is 0 Å². The molecule has 28 heavy (non-hydrogen) atoms. The zero-order chi connectivity index (χ0) is 19.4. The topological polar surface area (TPSA) is 69.0 Å². The number of nitrogens with zero attached hydrogens (tertiary/aromatic N) is 3. The van der Waals surface area contributed by atoms with Gasteiger partial charge in [0.2, 0.25) is 0 Å². The van der Waals surface area contributed by atoms with Crippen LogP contribution in [0.2, 0.25) is 0 Å². The fourth-order valence-electron chi connectivity index (χ4n) is 4.85. The van der Waals surface area contributed by atoms with Crippen LogP contribution in [-0.2, 0) is 4.74 Å². The maximum atomic E-state index is 6.05. The maximum absolute atomic E-state index is 6.05. The van der Waals surface area contributed by atoms with Gasteiger partial charge in [-0.3, -0.25) is 9.80 Å². The van der Waals surface area contributed by atoms with E-state index in [-0.39, 0.29) is 6.17 Å². The zero-order valence-electron chi connectivity index (χ0n) is 17.9. The van der Waals surface area contributed by atoms with E-state index in [4.69, 9.17) is 10.5 Å². The molecule has 4 N–H and O–H groups in total. The summed E-state index contributed by atoms with van der Waals surface area (Å²) in [5.41, 5.74) is 6.05. The molecule has 3 aliphatic rings. The van der Waals surface area contributed by atoms with Gasteiger partial charge in [0.25, 0.3) is 0 Å². The minimum atomic E-state index is 0.277. The van der Waals surface area contributed by atoms with Crippen LogP contribution in [0.5, 0.6) is 0 Å². The molecule has 0 bridgehead atoms. The molecule has 0 aliphatic carbocycles. The fraction of sp³-hybridized carbons (Fsp3) is 1.00. The monoisotopic (exact) mass is 396 g/mol. The Hall–Kier alpha value is -0.280. The lowest BCUT2D eigenvalue weighted by molar-refractivity contribution is 0.0101. The van der Waals surface area contributed by atoms with Gasteiger partial charge in [-0.15, -0.1) is 0 Å². The van der Waals surface area contributed by atoms with Crippen LogP contribution in [0, 0.1) is 0 Å². The average molecular weight is 397 g/mol. The molecule has 3 rings (SSSR count). The SMILES string of the molecule is NCC(NCCC(NCCN1CCCCC1)N1CCCCC1)N1CCOCC1. The van der Waals surface area contributed by atoms with Crippen LogP contribution >= 0.6 is 0 Å². The Labute approximate surface area is 172 Å². The highest BCUT2D eigenvalue weighted by Gasteiger charge is 2.23. The van der Waals surface area contributed by atoms with E-state index in [1.807, 2.05) is 0 Å². The van der Waals surface area contributed by atoms with Crippen molar-refractivity contribution in [1.29, 1.82) is 0 Å². The summed E-state index contributed by atoms with van der Waals surface area (Å²) in [6.07, 6.45) is 10.1. The van der Waals surface area contributed by atoms with E-state index in [9.17, 15) is 0 Å². The van der Waals surface area contributed by atoms with Gasteiger partial charge in [-0.05, 0) is 64.8 Å². The Morgan fingerprint density at radius 3 is 2.00 bits per heavy atom. The molecule has 2 unspecified atom stereocenters. The molecule has 3 fully saturated rings. The van der Waals surface area contributed by atoms with Gasteiger partial charge in [0.15, 0.2) is 0 Å². The maximum Gasteiger partial charge on any atom is 0.0725 e. The van der Waals surface area contributed by atoms with Crippen molar-refractivity contribution in [2.45, 2.75) is 57.3 Å². The number of likely N-dealkylation sites (tertiary alicyclic amines) is 2. The summed E-state index contributed by atoms with van der Waals surface area (Å²) >= 11 is 0. The first-order valence-corrected chi connectivity index (χ1v) is 11.8.